The van der Waals surface area contributed by atoms with Crippen molar-refractivity contribution >= 4 is 74.0 Å². The summed E-state index contributed by atoms with van der Waals surface area (Å²) in [5.41, 5.74) is -0.266. The van der Waals surface area contributed by atoms with Crippen molar-refractivity contribution in [2.24, 2.45) is 0 Å². The number of nitro benzene ring substituents is 1. The predicted molar refractivity (Wildman–Crippen MR) is 120 cm³/mol. The molecule has 1 unspecified atom stereocenters. The summed E-state index contributed by atoms with van der Waals surface area (Å²) in [5.74, 6) is -1.22. The Bertz CT molecular complexity index is 968. The van der Waals surface area contributed by atoms with Crippen LogP contribution in [0.4, 0.5) is 5.69 Å². The van der Waals surface area contributed by atoms with Gasteiger partial charge in [-0.25, -0.2) is 4.79 Å². The Balaban J connectivity index is 2.05. The molecule has 1 atom stereocenters. The fourth-order valence-corrected chi connectivity index (χ4v) is 4.34. The van der Waals surface area contributed by atoms with Crippen LogP contribution >= 0.6 is 50.6 Å². The lowest BCUT2D eigenvalue weighted by atomic mass is 10.1. The number of halogens is 2. The van der Waals surface area contributed by atoms with Crippen molar-refractivity contribution in [2.75, 3.05) is 18.6 Å². The highest BCUT2D eigenvalue weighted by atomic mass is 79.9. The maximum atomic E-state index is 12.5. The molecule has 1 N–H and O–H groups in total. The van der Waals surface area contributed by atoms with Crippen molar-refractivity contribution < 1.29 is 24.0 Å². The summed E-state index contributed by atoms with van der Waals surface area (Å²) in [6.45, 7) is -0.449. The lowest BCUT2D eigenvalue weighted by molar-refractivity contribution is -0.384. The number of nitrogens with zero attached hydrogens (tertiary/aromatic N) is 1. The molecule has 0 bridgehead atoms. The van der Waals surface area contributed by atoms with Gasteiger partial charge in [-0.05, 0) is 52.6 Å². The number of carbonyl (C=O) groups excluding carboxylic acids is 3. The van der Waals surface area contributed by atoms with Gasteiger partial charge in [0.2, 0.25) is 5.78 Å². The van der Waals surface area contributed by atoms with Gasteiger partial charge in [-0.15, -0.1) is 11.3 Å². The molecule has 0 radical (unpaired) electrons. The Morgan fingerprint density at radius 3 is 2.63 bits per heavy atom. The summed E-state index contributed by atoms with van der Waals surface area (Å²) in [5, 5.41) is 13.2. The molecule has 2 rings (SSSR count). The van der Waals surface area contributed by atoms with E-state index in [0.717, 1.165) is 15.9 Å². The van der Waals surface area contributed by atoms with Gasteiger partial charge in [-0.2, -0.15) is 11.8 Å². The number of amides is 1. The summed E-state index contributed by atoms with van der Waals surface area (Å²) in [7, 11) is 0. The van der Waals surface area contributed by atoms with Gasteiger partial charge < -0.3 is 10.1 Å². The summed E-state index contributed by atoms with van der Waals surface area (Å²) in [6.07, 6.45) is 2.12. The molecule has 12 heteroatoms. The van der Waals surface area contributed by atoms with Crippen molar-refractivity contribution in [2.45, 2.75) is 12.5 Å². The Hall–Kier alpha value is -1.95. The van der Waals surface area contributed by atoms with Crippen LogP contribution in [-0.4, -0.2) is 47.2 Å². The number of nitrogens with one attached hydrogen (secondary N) is 1. The summed E-state index contributed by atoms with van der Waals surface area (Å²) in [6, 6.07) is 5.76. The molecule has 0 fully saturated rings. The van der Waals surface area contributed by atoms with Crippen LogP contribution < -0.4 is 5.32 Å². The van der Waals surface area contributed by atoms with E-state index in [-0.39, 0.29) is 28.5 Å². The molecule has 0 aliphatic heterocycles. The Morgan fingerprint density at radius 1 is 1.33 bits per heavy atom. The number of ether oxygens (including phenoxy) is 1. The number of non-ortho nitro benzene ring substituents is 1. The highest BCUT2D eigenvalue weighted by Gasteiger charge is 2.25. The number of esters is 1. The number of ketones is 1. The number of hydrogen-bond acceptors (Lipinski definition) is 8. The molecule has 160 valence electrons. The van der Waals surface area contributed by atoms with Gasteiger partial charge in [0.25, 0.3) is 11.6 Å². The number of benzene rings is 1. The van der Waals surface area contributed by atoms with Gasteiger partial charge in [0.15, 0.2) is 6.61 Å². The minimum absolute atomic E-state index is 0.0104. The first-order valence-electron chi connectivity index (χ1n) is 8.41. The van der Waals surface area contributed by atoms with E-state index in [1.54, 1.807) is 12.1 Å². The zero-order chi connectivity index (χ0) is 22.3. The fraction of sp³-hybridized carbons (Fsp3) is 0.278. The number of thioether (sulfide) groups is 1. The summed E-state index contributed by atoms with van der Waals surface area (Å²) < 4.78 is 5.88. The van der Waals surface area contributed by atoms with Crippen molar-refractivity contribution in [3.05, 3.63) is 59.7 Å². The zero-order valence-electron chi connectivity index (χ0n) is 15.6. The van der Waals surface area contributed by atoms with E-state index in [4.69, 9.17) is 16.3 Å². The van der Waals surface area contributed by atoms with Crippen molar-refractivity contribution in [1.82, 2.24) is 5.32 Å². The molecule has 0 saturated carbocycles. The Kier molecular flexibility index (Phi) is 9.28. The third kappa shape index (κ3) is 6.79. The lowest BCUT2D eigenvalue weighted by Crippen LogP contribution is -2.42. The summed E-state index contributed by atoms with van der Waals surface area (Å²) in [4.78, 5) is 47.7. The Morgan fingerprint density at radius 2 is 2.07 bits per heavy atom. The van der Waals surface area contributed by atoms with Gasteiger partial charge in [0.1, 0.15) is 6.04 Å². The molecule has 0 spiro atoms. The molecule has 1 heterocycles. The van der Waals surface area contributed by atoms with E-state index >= 15 is 0 Å². The van der Waals surface area contributed by atoms with Gasteiger partial charge in [0, 0.05) is 12.1 Å². The summed E-state index contributed by atoms with van der Waals surface area (Å²) >= 11 is 11.9. The van der Waals surface area contributed by atoms with Crippen LogP contribution in [0.5, 0.6) is 0 Å². The first-order valence-corrected chi connectivity index (χ1v) is 11.8. The number of rotatable bonds is 10. The SMILES string of the molecule is CSCCC(NC(=O)c1ccc([N+](=O)[O-])cc1Cl)C(=O)OCC(=O)c1ccc(Br)s1. The van der Waals surface area contributed by atoms with Crippen molar-refractivity contribution in [3.63, 3.8) is 0 Å². The van der Waals surface area contributed by atoms with Crippen LogP contribution in [0.25, 0.3) is 0 Å². The minimum atomic E-state index is -1.00. The number of carbonyl (C=O) groups is 3. The van der Waals surface area contributed by atoms with Crippen LogP contribution in [0.1, 0.15) is 26.5 Å². The topological polar surface area (TPSA) is 116 Å². The molecule has 1 aromatic heterocycles. The van der Waals surface area contributed by atoms with E-state index in [1.807, 2.05) is 6.26 Å². The minimum Gasteiger partial charge on any atom is -0.456 e. The predicted octanol–water partition coefficient (Wildman–Crippen LogP) is 4.35. The standard InChI is InChI=1S/C18H16BrClN2O6S2/c1-29-7-6-13(18(25)28-9-14(23)15-4-5-16(19)30-15)21-17(24)11-3-2-10(22(26)27)8-12(11)20/h2-5,8,13H,6-7,9H2,1H3,(H,21,24). The van der Waals surface area contributed by atoms with Crippen LogP contribution in [0.2, 0.25) is 5.02 Å². The average Bonchev–Trinajstić information content (AvgIpc) is 3.15. The van der Waals surface area contributed by atoms with E-state index in [1.165, 1.54) is 29.2 Å². The molecule has 30 heavy (non-hydrogen) atoms. The Labute approximate surface area is 193 Å². The van der Waals surface area contributed by atoms with Crippen LogP contribution in [0.3, 0.4) is 0 Å². The first-order chi connectivity index (χ1) is 14.2. The molecule has 1 aromatic carbocycles. The maximum absolute atomic E-state index is 12.5. The van der Waals surface area contributed by atoms with Crippen LogP contribution in [-0.2, 0) is 9.53 Å². The average molecular weight is 536 g/mol. The van der Waals surface area contributed by atoms with E-state index < -0.39 is 29.4 Å². The normalized spacial score (nSPS) is 11.6. The third-order valence-electron chi connectivity index (χ3n) is 3.80. The van der Waals surface area contributed by atoms with E-state index in [2.05, 4.69) is 21.2 Å². The van der Waals surface area contributed by atoms with E-state index in [9.17, 15) is 24.5 Å². The second-order valence-corrected chi connectivity index (χ2v) is 9.72. The fourth-order valence-electron chi connectivity index (χ4n) is 2.29. The van der Waals surface area contributed by atoms with Crippen LogP contribution in [0, 0.1) is 10.1 Å². The quantitative estimate of drug-likeness (QED) is 0.208. The number of nitro groups is 1. The number of hydrogen-bond donors (Lipinski definition) is 1. The van der Waals surface area contributed by atoms with Gasteiger partial charge >= 0.3 is 5.97 Å². The molecule has 0 aliphatic carbocycles. The molecule has 0 saturated heterocycles. The molecule has 0 aliphatic rings. The highest BCUT2D eigenvalue weighted by Crippen LogP contribution is 2.23. The largest absolute Gasteiger partial charge is 0.456 e. The van der Waals surface area contributed by atoms with Crippen molar-refractivity contribution in [3.8, 4) is 0 Å². The zero-order valence-corrected chi connectivity index (χ0v) is 19.5. The second-order valence-electron chi connectivity index (χ2n) is 5.86. The van der Waals surface area contributed by atoms with Gasteiger partial charge in [-0.3, -0.25) is 19.7 Å². The lowest BCUT2D eigenvalue weighted by Gasteiger charge is -2.17. The van der Waals surface area contributed by atoms with E-state index in [0.29, 0.717) is 10.6 Å². The molecule has 1 amide bonds. The molecular weight excluding hydrogens is 520 g/mol. The molecule has 8 nitrogen and oxygen atoms in total. The van der Waals surface area contributed by atoms with Gasteiger partial charge in [0.05, 0.1) is 24.2 Å². The molecular formula is C18H16BrClN2O6S2. The third-order valence-corrected chi connectivity index (χ3v) is 6.42. The monoisotopic (exact) mass is 534 g/mol. The molecule has 2 aromatic rings. The van der Waals surface area contributed by atoms with Crippen molar-refractivity contribution in [1.29, 1.82) is 0 Å². The van der Waals surface area contributed by atoms with Crippen LogP contribution in [0.15, 0.2) is 34.1 Å². The number of Topliss-reactive ketones (excluding diaryl/α,β-unsaturated/α-hetero) is 1. The number of thiophene rings is 1. The second kappa shape index (κ2) is 11.4. The first kappa shape index (κ1) is 24.3. The van der Waals surface area contributed by atoms with Gasteiger partial charge in [-0.1, -0.05) is 11.6 Å². The maximum Gasteiger partial charge on any atom is 0.329 e. The smallest absolute Gasteiger partial charge is 0.329 e. The highest BCUT2D eigenvalue weighted by molar-refractivity contribution is 9.11.